The molecule has 1 aromatic heterocycles. The van der Waals surface area contributed by atoms with Crippen molar-refractivity contribution in [1.82, 2.24) is 20.0 Å². The van der Waals surface area contributed by atoms with Gasteiger partial charge < -0.3 is 10.0 Å². The number of rotatable bonds is 4. The van der Waals surface area contributed by atoms with Crippen molar-refractivity contribution in [2.75, 3.05) is 19.6 Å². The molecule has 0 saturated carbocycles. The average Bonchev–Trinajstić information content (AvgIpc) is 3.50. The predicted octanol–water partition coefficient (Wildman–Crippen LogP) is 3.50. The van der Waals surface area contributed by atoms with E-state index in [0.717, 1.165) is 30.8 Å². The second kappa shape index (κ2) is 9.95. The summed E-state index contributed by atoms with van der Waals surface area (Å²) in [4.78, 5) is 26.2. The van der Waals surface area contributed by atoms with Crippen LogP contribution in [0, 0.1) is 24.6 Å². The van der Waals surface area contributed by atoms with E-state index in [4.69, 9.17) is 9.90 Å². The van der Waals surface area contributed by atoms with Crippen LogP contribution in [0.5, 0.6) is 0 Å². The lowest BCUT2D eigenvalue weighted by Crippen LogP contribution is -2.35. The van der Waals surface area contributed by atoms with Crippen molar-refractivity contribution in [2.45, 2.75) is 19.5 Å². The number of nitrogens with zero attached hydrogens (tertiary/aromatic N) is 3. The highest BCUT2D eigenvalue weighted by Gasteiger charge is 2.49. The summed E-state index contributed by atoms with van der Waals surface area (Å²) in [5, 5.41) is 13.8. The molecule has 0 aliphatic carbocycles. The third-order valence-electron chi connectivity index (χ3n) is 6.39. The van der Waals surface area contributed by atoms with Gasteiger partial charge in [0.2, 0.25) is 0 Å². The molecule has 2 fully saturated rings. The van der Waals surface area contributed by atoms with Crippen LogP contribution >= 0.6 is 0 Å². The van der Waals surface area contributed by atoms with Crippen LogP contribution in [0.3, 0.4) is 0 Å². The van der Waals surface area contributed by atoms with E-state index in [1.165, 1.54) is 17.7 Å². The number of H-pyrrole nitrogens is 1. The van der Waals surface area contributed by atoms with E-state index in [2.05, 4.69) is 27.2 Å². The van der Waals surface area contributed by atoms with Crippen molar-refractivity contribution < 1.29 is 19.1 Å². The summed E-state index contributed by atoms with van der Waals surface area (Å²) in [6.45, 7) is 5.01. The minimum absolute atomic E-state index is 0.00150. The molecule has 2 aliphatic heterocycles. The molecule has 2 aromatic carbocycles. The highest BCUT2D eigenvalue weighted by Crippen LogP contribution is 2.45. The van der Waals surface area contributed by atoms with Crippen molar-refractivity contribution in [1.29, 1.82) is 0 Å². The first kappa shape index (κ1) is 22.7. The zero-order valence-corrected chi connectivity index (χ0v) is 18.4. The van der Waals surface area contributed by atoms with E-state index in [1.54, 1.807) is 6.07 Å². The third kappa shape index (κ3) is 4.96. The maximum atomic E-state index is 14.0. The maximum Gasteiger partial charge on any atom is 0.290 e. The molecule has 0 spiro atoms. The molecular weight excluding hydrogens is 423 g/mol. The Hall–Kier alpha value is -3.52. The molecule has 0 unspecified atom stereocenters. The van der Waals surface area contributed by atoms with Gasteiger partial charge in [0.1, 0.15) is 5.82 Å². The number of nitrogens with one attached hydrogen (secondary N) is 1. The summed E-state index contributed by atoms with van der Waals surface area (Å²) < 4.78 is 14.0. The molecule has 7 nitrogen and oxygen atoms in total. The molecule has 172 valence electrons. The van der Waals surface area contributed by atoms with Gasteiger partial charge in [0, 0.05) is 49.4 Å². The van der Waals surface area contributed by atoms with E-state index in [1.807, 2.05) is 42.4 Å². The molecule has 2 saturated heterocycles. The number of fused-ring (bicyclic) bond motifs is 1. The molecule has 0 radical (unpaired) electrons. The van der Waals surface area contributed by atoms with Gasteiger partial charge in [-0.15, -0.1) is 0 Å². The maximum absolute atomic E-state index is 14.0. The number of hydrogen-bond donors (Lipinski definition) is 2. The zero-order chi connectivity index (χ0) is 23.4. The number of amides is 1. The Balaban J connectivity index is 0.000000821. The molecule has 3 atom stereocenters. The normalized spacial score (nSPS) is 21.9. The fourth-order valence-corrected chi connectivity index (χ4v) is 5.20. The monoisotopic (exact) mass is 450 g/mol. The molecule has 33 heavy (non-hydrogen) atoms. The molecule has 8 heteroatoms. The number of benzene rings is 2. The summed E-state index contributed by atoms with van der Waals surface area (Å²) in [6.07, 6.45) is 3.80. The number of aryl methyl sites for hydroxylation is 1. The standard InChI is InChI=1S/C24H25FN4O.CH2O2/c1-16-7-19(9-21(25)8-16)24(30)29-14-20-13-28(12-17-10-26-27-11-17)15-22(20)23(29)18-5-3-2-4-6-18;2-1-3/h2-11,20,22-23H,12-15H2,1H3,(H,26,27);1H,(H,2,3)/t20-,22-,23+;/m0./s1. The number of aromatic nitrogens is 2. The fourth-order valence-electron chi connectivity index (χ4n) is 5.20. The van der Waals surface area contributed by atoms with Gasteiger partial charge in [0.15, 0.2) is 0 Å². The highest BCUT2D eigenvalue weighted by atomic mass is 19.1. The van der Waals surface area contributed by atoms with Crippen molar-refractivity contribution in [3.63, 3.8) is 0 Å². The van der Waals surface area contributed by atoms with Crippen molar-refractivity contribution in [2.24, 2.45) is 11.8 Å². The Morgan fingerprint density at radius 3 is 2.64 bits per heavy atom. The van der Waals surface area contributed by atoms with Gasteiger partial charge in [0.25, 0.3) is 12.4 Å². The van der Waals surface area contributed by atoms with Crippen LogP contribution in [0.25, 0.3) is 0 Å². The molecule has 1 amide bonds. The van der Waals surface area contributed by atoms with Crippen LogP contribution < -0.4 is 0 Å². The number of aromatic amines is 1. The Morgan fingerprint density at radius 1 is 1.21 bits per heavy atom. The van der Waals surface area contributed by atoms with Gasteiger partial charge in [-0.25, -0.2) is 4.39 Å². The number of carbonyl (C=O) groups excluding carboxylic acids is 1. The summed E-state index contributed by atoms with van der Waals surface area (Å²) in [5.74, 6) is 0.321. The van der Waals surface area contributed by atoms with Gasteiger partial charge in [-0.2, -0.15) is 5.10 Å². The first-order chi connectivity index (χ1) is 16.0. The average molecular weight is 451 g/mol. The lowest BCUT2D eigenvalue weighted by molar-refractivity contribution is -0.122. The van der Waals surface area contributed by atoms with E-state index in [9.17, 15) is 9.18 Å². The van der Waals surface area contributed by atoms with E-state index < -0.39 is 0 Å². The minimum Gasteiger partial charge on any atom is -0.483 e. The smallest absolute Gasteiger partial charge is 0.290 e. The van der Waals surface area contributed by atoms with Gasteiger partial charge >= 0.3 is 0 Å². The molecule has 2 aliphatic rings. The lowest BCUT2D eigenvalue weighted by Gasteiger charge is -2.30. The van der Waals surface area contributed by atoms with E-state index in [0.29, 0.717) is 23.9 Å². The second-order valence-electron chi connectivity index (χ2n) is 8.66. The van der Waals surface area contributed by atoms with Crippen LogP contribution in [0.15, 0.2) is 60.9 Å². The second-order valence-corrected chi connectivity index (χ2v) is 8.66. The Morgan fingerprint density at radius 2 is 1.97 bits per heavy atom. The predicted molar refractivity (Wildman–Crippen MR) is 121 cm³/mol. The number of carboxylic acid groups (broad SMARTS) is 1. The quantitative estimate of drug-likeness (QED) is 0.594. The van der Waals surface area contributed by atoms with Crippen molar-refractivity contribution >= 4 is 12.4 Å². The van der Waals surface area contributed by atoms with Crippen LogP contribution in [0.4, 0.5) is 4.39 Å². The van der Waals surface area contributed by atoms with Crippen molar-refractivity contribution in [3.05, 3.63) is 89.0 Å². The summed E-state index contributed by atoms with van der Waals surface area (Å²) in [5.41, 5.74) is 3.52. The Labute approximate surface area is 191 Å². The zero-order valence-electron chi connectivity index (χ0n) is 18.4. The first-order valence-electron chi connectivity index (χ1n) is 10.9. The molecule has 5 rings (SSSR count). The van der Waals surface area contributed by atoms with Crippen LogP contribution in [0.1, 0.15) is 33.1 Å². The van der Waals surface area contributed by atoms with Gasteiger partial charge in [-0.1, -0.05) is 30.3 Å². The topological polar surface area (TPSA) is 89.5 Å². The number of halogens is 1. The summed E-state index contributed by atoms with van der Waals surface area (Å²) >= 11 is 0. The Bertz CT molecular complexity index is 1070. The van der Waals surface area contributed by atoms with Crippen molar-refractivity contribution in [3.8, 4) is 0 Å². The molecule has 0 bridgehead atoms. The summed E-state index contributed by atoms with van der Waals surface area (Å²) in [6, 6.07) is 14.8. The van der Waals surface area contributed by atoms with Gasteiger partial charge in [-0.3, -0.25) is 19.6 Å². The van der Waals surface area contributed by atoms with Crippen LogP contribution in [0.2, 0.25) is 0 Å². The van der Waals surface area contributed by atoms with Crippen LogP contribution in [-0.4, -0.2) is 57.1 Å². The number of hydrogen-bond acceptors (Lipinski definition) is 4. The molecule has 3 heterocycles. The lowest BCUT2D eigenvalue weighted by atomic mass is 9.89. The van der Waals surface area contributed by atoms with E-state index in [-0.39, 0.29) is 24.2 Å². The molecule has 3 aromatic rings. The highest BCUT2D eigenvalue weighted by molar-refractivity contribution is 5.95. The van der Waals surface area contributed by atoms with Crippen LogP contribution in [-0.2, 0) is 11.3 Å². The molecular formula is C25H27FN4O3. The first-order valence-corrected chi connectivity index (χ1v) is 10.9. The fraction of sp³-hybridized carbons (Fsp3) is 0.320. The summed E-state index contributed by atoms with van der Waals surface area (Å²) in [7, 11) is 0. The third-order valence-corrected chi connectivity index (χ3v) is 6.39. The number of carbonyl (C=O) groups is 2. The Kier molecular flexibility index (Phi) is 6.84. The minimum atomic E-state index is -0.361. The number of likely N-dealkylation sites (tertiary alicyclic amines) is 2. The van der Waals surface area contributed by atoms with Gasteiger partial charge in [-0.05, 0) is 42.2 Å². The SMILES string of the molecule is Cc1cc(F)cc(C(=O)N2C[C@@H]3CN(Cc4cn[nH]c4)C[C@@H]3[C@H]2c2ccccc2)c1.O=CO. The largest absolute Gasteiger partial charge is 0.483 e. The molecule has 2 N–H and O–H groups in total. The van der Waals surface area contributed by atoms with Gasteiger partial charge in [0.05, 0.1) is 12.2 Å². The van der Waals surface area contributed by atoms with E-state index >= 15 is 0 Å².